The van der Waals surface area contributed by atoms with Crippen LogP contribution in [0.3, 0.4) is 0 Å². The Labute approximate surface area is 69.4 Å². The molecule has 12 heavy (non-hydrogen) atoms. The van der Waals surface area contributed by atoms with Crippen LogP contribution in [0.2, 0.25) is 0 Å². The fourth-order valence-electron chi connectivity index (χ4n) is 1.05. The van der Waals surface area contributed by atoms with Gasteiger partial charge in [0.25, 0.3) is 6.01 Å². The second-order valence-corrected chi connectivity index (χ2v) is 2.50. The van der Waals surface area contributed by atoms with E-state index >= 15 is 0 Å². The average molecular weight is 163 g/mol. The standard InChI is InChI=1S/C8H9N3O/c1-10-8-11-6-4-5(9)2-3-7(6)12-8/h2-4H,9H2,1H3,(H,10,11). The van der Waals surface area contributed by atoms with Gasteiger partial charge in [-0.25, -0.2) is 0 Å². The van der Waals surface area contributed by atoms with Crippen molar-refractivity contribution in [3.05, 3.63) is 18.2 Å². The molecule has 0 atom stereocenters. The Morgan fingerprint density at radius 3 is 3.08 bits per heavy atom. The number of nitrogen functional groups attached to an aromatic ring is 1. The molecular formula is C8H9N3O. The van der Waals surface area contributed by atoms with Gasteiger partial charge in [0.05, 0.1) is 0 Å². The van der Waals surface area contributed by atoms with Gasteiger partial charge in [0, 0.05) is 12.7 Å². The molecule has 0 saturated carbocycles. The summed E-state index contributed by atoms with van der Waals surface area (Å²) in [7, 11) is 1.76. The van der Waals surface area contributed by atoms with Crippen LogP contribution in [-0.2, 0) is 0 Å². The van der Waals surface area contributed by atoms with Crippen LogP contribution in [0.15, 0.2) is 22.6 Å². The third kappa shape index (κ3) is 0.972. The Bertz CT molecular complexity index is 408. The van der Waals surface area contributed by atoms with Gasteiger partial charge in [-0.05, 0) is 18.2 Å². The van der Waals surface area contributed by atoms with Crippen LogP contribution in [0.5, 0.6) is 0 Å². The minimum Gasteiger partial charge on any atom is -0.424 e. The van der Waals surface area contributed by atoms with E-state index in [1.807, 2.05) is 0 Å². The molecule has 0 spiro atoms. The predicted octanol–water partition coefficient (Wildman–Crippen LogP) is 1.45. The molecule has 0 bridgehead atoms. The van der Waals surface area contributed by atoms with Gasteiger partial charge in [0.1, 0.15) is 5.52 Å². The third-order valence-electron chi connectivity index (χ3n) is 1.63. The molecule has 0 amide bonds. The van der Waals surface area contributed by atoms with Crippen molar-refractivity contribution in [3.63, 3.8) is 0 Å². The lowest BCUT2D eigenvalue weighted by molar-refractivity contribution is 0.620. The molecule has 62 valence electrons. The number of hydrogen-bond donors (Lipinski definition) is 2. The second kappa shape index (κ2) is 2.41. The molecule has 1 aromatic carbocycles. The van der Waals surface area contributed by atoms with Crippen LogP contribution in [0.25, 0.3) is 11.1 Å². The molecule has 1 aromatic heterocycles. The molecule has 0 saturated heterocycles. The average Bonchev–Trinajstić information content (AvgIpc) is 2.46. The fraction of sp³-hybridized carbons (Fsp3) is 0.125. The Morgan fingerprint density at radius 1 is 1.50 bits per heavy atom. The van der Waals surface area contributed by atoms with Gasteiger partial charge in [-0.3, -0.25) is 0 Å². The van der Waals surface area contributed by atoms with Gasteiger partial charge in [0.2, 0.25) is 0 Å². The molecule has 3 N–H and O–H groups in total. The number of nitrogens with zero attached hydrogens (tertiary/aromatic N) is 1. The van der Waals surface area contributed by atoms with Crippen LogP contribution in [0.4, 0.5) is 11.7 Å². The lowest BCUT2D eigenvalue weighted by Crippen LogP contribution is -1.85. The maximum absolute atomic E-state index is 5.57. The van der Waals surface area contributed by atoms with Crippen molar-refractivity contribution in [1.29, 1.82) is 0 Å². The normalized spacial score (nSPS) is 10.4. The van der Waals surface area contributed by atoms with Gasteiger partial charge >= 0.3 is 0 Å². The smallest absolute Gasteiger partial charge is 0.295 e. The highest BCUT2D eigenvalue weighted by Crippen LogP contribution is 2.20. The monoisotopic (exact) mass is 163 g/mol. The largest absolute Gasteiger partial charge is 0.424 e. The van der Waals surface area contributed by atoms with E-state index in [0.29, 0.717) is 11.7 Å². The zero-order chi connectivity index (χ0) is 8.55. The van der Waals surface area contributed by atoms with Crippen molar-refractivity contribution in [2.75, 3.05) is 18.1 Å². The number of benzene rings is 1. The highest BCUT2D eigenvalue weighted by Gasteiger charge is 2.02. The van der Waals surface area contributed by atoms with Crippen molar-refractivity contribution in [1.82, 2.24) is 4.98 Å². The second-order valence-electron chi connectivity index (χ2n) is 2.50. The van der Waals surface area contributed by atoms with E-state index < -0.39 is 0 Å². The first-order chi connectivity index (χ1) is 5.79. The lowest BCUT2D eigenvalue weighted by Gasteiger charge is -1.88. The highest BCUT2D eigenvalue weighted by atomic mass is 16.4. The number of aromatic nitrogens is 1. The zero-order valence-corrected chi connectivity index (χ0v) is 6.66. The van der Waals surface area contributed by atoms with E-state index in [-0.39, 0.29) is 0 Å². The summed E-state index contributed by atoms with van der Waals surface area (Å²) in [5, 5.41) is 2.82. The summed E-state index contributed by atoms with van der Waals surface area (Å²) in [5.74, 6) is 0. The first kappa shape index (κ1) is 6.97. The number of rotatable bonds is 1. The zero-order valence-electron chi connectivity index (χ0n) is 6.66. The quantitative estimate of drug-likeness (QED) is 0.624. The minimum absolute atomic E-state index is 0.510. The summed E-state index contributed by atoms with van der Waals surface area (Å²) in [6, 6.07) is 5.88. The Hall–Kier alpha value is -1.71. The summed E-state index contributed by atoms with van der Waals surface area (Å²) in [6.45, 7) is 0. The van der Waals surface area contributed by atoms with Crippen molar-refractivity contribution in [3.8, 4) is 0 Å². The van der Waals surface area contributed by atoms with Crippen molar-refractivity contribution in [2.24, 2.45) is 0 Å². The molecule has 0 aliphatic carbocycles. The molecule has 0 aliphatic rings. The van der Waals surface area contributed by atoms with Crippen LogP contribution in [0.1, 0.15) is 0 Å². The van der Waals surface area contributed by atoms with Crippen LogP contribution in [-0.4, -0.2) is 12.0 Å². The molecule has 2 rings (SSSR count). The van der Waals surface area contributed by atoms with Gasteiger partial charge in [-0.2, -0.15) is 4.98 Å². The molecule has 4 nitrogen and oxygen atoms in total. The number of nitrogens with two attached hydrogens (primary N) is 1. The number of hydrogen-bond acceptors (Lipinski definition) is 4. The van der Waals surface area contributed by atoms with Crippen molar-refractivity contribution < 1.29 is 4.42 Å². The van der Waals surface area contributed by atoms with Gasteiger partial charge in [0.15, 0.2) is 5.58 Å². The molecular weight excluding hydrogens is 154 g/mol. The highest BCUT2D eigenvalue weighted by molar-refractivity contribution is 5.78. The van der Waals surface area contributed by atoms with Gasteiger partial charge in [-0.15, -0.1) is 0 Å². The van der Waals surface area contributed by atoms with Crippen molar-refractivity contribution in [2.45, 2.75) is 0 Å². The molecule has 0 unspecified atom stereocenters. The van der Waals surface area contributed by atoms with Crippen molar-refractivity contribution >= 4 is 22.8 Å². The summed E-state index contributed by atoms with van der Waals surface area (Å²) in [5.41, 5.74) is 7.79. The maximum atomic E-state index is 5.57. The molecule has 1 heterocycles. The first-order valence-electron chi connectivity index (χ1n) is 3.63. The molecule has 0 aliphatic heterocycles. The van der Waals surface area contributed by atoms with E-state index in [1.54, 1.807) is 25.2 Å². The maximum Gasteiger partial charge on any atom is 0.295 e. The van der Waals surface area contributed by atoms with E-state index in [0.717, 1.165) is 11.1 Å². The SMILES string of the molecule is CNc1nc2cc(N)ccc2o1. The number of nitrogens with one attached hydrogen (secondary N) is 1. The van der Waals surface area contributed by atoms with Gasteiger partial charge in [-0.1, -0.05) is 0 Å². The van der Waals surface area contributed by atoms with Crippen LogP contribution >= 0.6 is 0 Å². The summed E-state index contributed by atoms with van der Waals surface area (Å²) < 4.78 is 5.29. The lowest BCUT2D eigenvalue weighted by atomic mass is 10.3. The Balaban J connectivity index is 2.67. The van der Waals surface area contributed by atoms with Crippen LogP contribution < -0.4 is 11.1 Å². The van der Waals surface area contributed by atoms with E-state index in [4.69, 9.17) is 10.2 Å². The third-order valence-corrected chi connectivity index (χ3v) is 1.63. The summed E-state index contributed by atoms with van der Waals surface area (Å²) >= 11 is 0. The molecule has 4 heteroatoms. The van der Waals surface area contributed by atoms with E-state index in [1.165, 1.54) is 0 Å². The number of oxazole rings is 1. The summed E-state index contributed by atoms with van der Waals surface area (Å²) in [4.78, 5) is 4.13. The topological polar surface area (TPSA) is 64.1 Å². The fourth-order valence-corrected chi connectivity index (χ4v) is 1.05. The molecule has 2 aromatic rings. The Kier molecular flexibility index (Phi) is 1.40. The van der Waals surface area contributed by atoms with Gasteiger partial charge < -0.3 is 15.5 Å². The minimum atomic E-state index is 0.510. The Morgan fingerprint density at radius 2 is 2.33 bits per heavy atom. The molecule has 0 radical (unpaired) electrons. The molecule has 0 fully saturated rings. The van der Waals surface area contributed by atoms with Crippen LogP contribution in [0, 0.1) is 0 Å². The van der Waals surface area contributed by atoms with E-state index in [9.17, 15) is 0 Å². The van der Waals surface area contributed by atoms with E-state index in [2.05, 4.69) is 10.3 Å². The first-order valence-corrected chi connectivity index (χ1v) is 3.63. The number of anilines is 2. The predicted molar refractivity (Wildman–Crippen MR) is 48.0 cm³/mol. The number of fused-ring (bicyclic) bond motifs is 1. The summed E-state index contributed by atoms with van der Waals surface area (Å²) in [6.07, 6.45) is 0.